The Kier molecular flexibility index (Phi) is 6.30. The number of allylic oxidation sites excluding steroid dienone is 2. The number of aliphatic imine (C=N–C) groups is 1. The second kappa shape index (κ2) is 11.2. The lowest BCUT2D eigenvalue weighted by atomic mass is 9.91. The minimum Gasteiger partial charge on any atom is -0.459 e. The van der Waals surface area contributed by atoms with Gasteiger partial charge in [-0.3, -0.25) is 4.98 Å². The van der Waals surface area contributed by atoms with Gasteiger partial charge in [0.15, 0.2) is 0 Å². The Balaban J connectivity index is 1.19. The second-order valence-electron chi connectivity index (χ2n) is 12.8. The minimum atomic E-state index is 0.593. The number of para-hydroxylation sites is 2. The van der Waals surface area contributed by atoms with Crippen LogP contribution in [0.1, 0.15) is 28.9 Å². The van der Waals surface area contributed by atoms with Gasteiger partial charge in [0, 0.05) is 45.3 Å². The number of hydrogen-bond donors (Lipinski definition) is 0. The highest BCUT2D eigenvalue weighted by Crippen LogP contribution is 2.40. The van der Waals surface area contributed by atoms with E-state index in [0.717, 1.165) is 101 Å². The first-order valence-corrected chi connectivity index (χ1v) is 16.9. The smallest absolute Gasteiger partial charge is 0.136 e. The fourth-order valence-electron chi connectivity index (χ4n) is 7.58. The van der Waals surface area contributed by atoms with Gasteiger partial charge in [-0.25, -0.2) is 4.99 Å². The van der Waals surface area contributed by atoms with Gasteiger partial charge in [-0.15, -0.1) is 0 Å². The third-order valence-corrected chi connectivity index (χ3v) is 9.93. The average molecular weight is 641 g/mol. The zero-order valence-corrected chi connectivity index (χ0v) is 27.0. The van der Waals surface area contributed by atoms with Crippen molar-refractivity contribution in [3.63, 3.8) is 0 Å². The van der Waals surface area contributed by atoms with Crippen LogP contribution < -0.4 is 0 Å². The molecule has 0 saturated heterocycles. The second-order valence-corrected chi connectivity index (χ2v) is 12.8. The number of pyridine rings is 1. The normalized spacial score (nSPS) is 15.3. The third kappa shape index (κ3) is 4.39. The maximum absolute atomic E-state index is 10.7. The summed E-state index contributed by atoms with van der Waals surface area (Å²) in [5, 5.41) is 17.5. The molecule has 6 aromatic carbocycles. The molecule has 5 nitrogen and oxygen atoms in total. The molecule has 4 heterocycles. The van der Waals surface area contributed by atoms with Crippen LogP contribution in [0.15, 0.2) is 155 Å². The zero-order chi connectivity index (χ0) is 33.2. The predicted molar refractivity (Wildman–Crippen MR) is 203 cm³/mol. The molecule has 1 aliphatic heterocycles. The molecule has 1 aliphatic rings. The summed E-state index contributed by atoms with van der Waals surface area (Å²) in [6.45, 7) is 0. The summed E-state index contributed by atoms with van der Waals surface area (Å²) in [6, 6.07) is 48.6. The Labute approximate surface area is 287 Å². The van der Waals surface area contributed by atoms with E-state index in [4.69, 9.17) is 9.41 Å². The molecule has 0 fully saturated rings. The number of aryl methyl sites for hydroxylation is 1. The van der Waals surface area contributed by atoms with Crippen LogP contribution in [0.2, 0.25) is 0 Å². The molecule has 0 aliphatic carbocycles. The quantitative estimate of drug-likeness (QED) is 0.193. The standard InChI is InChI=1S/C45H28N4O/c46-27-33-23-31(20-21-39(33)49-40-15-5-3-12-35(40)37-24-29-9-1-2-10-30(29)26-41(37)49)34-14-7-17-43-45(36-13-4-6-16-42(36)50-43)48-44(34)32-19-18-28-11-8-22-47-38(28)25-32/h1-6,8-16,18-26H,7,17H2/b34-14-,48-44-. The molecule has 0 N–H and O–H groups in total. The molecule has 0 atom stereocenters. The summed E-state index contributed by atoms with van der Waals surface area (Å²) in [5.74, 6) is 0.880. The number of hydrogen-bond acceptors (Lipinski definition) is 4. The van der Waals surface area contributed by atoms with Crippen molar-refractivity contribution in [2.45, 2.75) is 12.8 Å². The summed E-state index contributed by atoms with van der Waals surface area (Å²) < 4.78 is 8.55. The van der Waals surface area contributed by atoms with Crippen molar-refractivity contribution in [2.24, 2.45) is 4.99 Å². The van der Waals surface area contributed by atoms with Crippen molar-refractivity contribution < 1.29 is 4.42 Å². The molecule has 10 rings (SSSR count). The number of furan rings is 1. The van der Waals surface area contributed by atoms with Gasteiger partial charge in [0.05, 0.1) is 33.5 Å². The van der Waals surface area contributed by atoms with E-state index >= 15 is 0 Å². The van der Waals surface area contributed by atoms with Gasteiger partial charge in [-0.05, 0) is 77.4 Å². The summed E-state index contributed by atoms with van der Waals surface area (Å²) in [4.78, 5) is 10.1. The number of nitriles is 1. The fraction of sp³-hybridized carbons (Fsp3) is 0.0444. The molecule has 0 bridgehead atoms. The molecule has 0 spiro atoms. The predicted octanol–water partition coefficient (Wildman–Crippen LogP) is 11.3. The lowest BCUT2D eigenvalue weighted by Crippen LogP contribution is -2.08. The molecule has 0 saturated carbocycles. The monoisotopic (exact) mass is 640 g/mol. The zero-order valence-electron chi connectivity index (χ0n) is 27.0. The third-order valence-electron chi connectivity index (χ3n) is 9.93. The van der Waals surface area contributed by atoms with Gasteiger partial charge < -0.3 is 8.98 Å². The maximum atomic E-state index is 10.7. The SMILES string of the molecule is N#Cc1cc(C2=C/CCc3oc4ccccc4c3/N=C\2c2ccc3cccnc3c2)ccc1-n1c2ccccc2c2cc3ccccc3cc21. The molecule has 234 valence electrons. The van der Waals surface area contributed by atoms with E-state index in [1.807, 2.05) is 36.5 Å². The summed E-state index contributed by atoms with van der Waals surface area (Å²) in [5.41, 5.74) is 9.87. The van der Waals surface area contributed by atoms with Crippen LogP contribution in [0.4, 0.5) is 5.69 Å². The van der Waals surface area contributed by atoms with Crippen molar-refractivity contribution in [2.75, 3.05) is 0 Å². The largest absolute Gasteiger partial charge is 0.459 e. The van der Waals surface area contributed by atoms with Gasteiger partial charge in [0.25, 0.3) is 0 Å². The number of aromatic nitrogens is 2. The van der Waals surface area contributed by atoms with Crippen molar-refractivity contribution in [3.05, 3.63) is 168 Å². The van der Waals surface area contributed by atoms with Crippen LogP contribution in [0.25, 0.3) is 65.7 Å². The Hall–Kier alpha value is -6.77. The van der Waals surface area contributed by atoms with Crippen LogP contribution >= 0.6 is 0 Å². The van der Waals surface area contributed by atoms with Gasteiger partial charge in [-0.2, -0.15) is 5.26 Å². The molecular weight excluding hydrogens is 613 g/mol. The first-order chi connectivity index (χ1) is 24.7. The van der Waals surface area contributed by atoms with Gasteiger partial charge in [0.2, 0.25) is 0 Å². The Morgan fingerprint density at radius 2 is 1.44 bits per heavy atom. The minimum absolute atomic E-state index is 0.593. The molecule has 5 heteroatoms. The van der Waals surface area contributed by atoms with E-state index in [1.165, 1.54) is 5.39 Å². The molecule has 3 aromatic heterocycles. The van der Waals surface area contributed by atoms with Gasteiger partial charge in [0.1, 0.15) is 23.1 Å². The van der Waals surface area contributed by atoms with E-state index in [-0.39, 0.29) is 0 Å². The van der Waals surface area contributed by atoms with Crippen LogP contribution in [-0.4, -0.2) is 15.3 Å². The van der Waals surface area contributed by atoms with Gasteiger partial charge >= 0.3 is 0 Å². The van der Waals surface area contributed by atoms with E-state index < -0.39 is 0 Å². The van der Waals surface area contributed by atoms with Gasteiger partial charge in [-0.1, -0.05) is 84.9 Å². The lowest BCUT2D eigenvalue weighted by Gasteiger charge is -2.17. The topological polar surface area (TPSA) is 67.1 Å². The van der Waals surface area contributed by atoms with Crippen LogP contribution in [0.5, 0.6) is 0 Å². The fourth-order valence-corrected chi connectivity index (χ4v) is 7.58. The highest BCUT2D eigenvalue weighted by molar-refractivity contribution is 6.33. The first kappa shape index (κ1) is 28.3. The van der Waals surface area contributed by atoms with Crippen LogP contribution in [0, 0.1) is 11.3 Å². The van der Waals surface area contributed by atoms with Crippen molar-refractivity contribution in [1.82, 2.24) is 9.55 Å². The van der Waals surface area contributed by atoms with Crippen LogP contribution in [0.3, 0.4) is 0 Å². The van der Waals surface area contributed by atoms with E-state index in [2.05, 4.69) is 125 Å². The number of benzene rings is 6. The maximum Gasteiger partial charge on any atom is 0.136 e. The highest BCUT2D eigenvalue weighted by atomic mass is 16.3. The summed E-state index contributed by atoms with van der Waals surface area (Å²) >= 11 is 0. The van der Waals surface area contributed by atoms with Crippen molar-refractivity contribution in [1.29, 1.82) is 5.26 Å². The number of rotatable bonds is 3. The Morgan fingerprint density at radius 1 is 0.660 bits per heavy atom. The highest BCUT2D eigenvalue weighted by Gasteiger charge is 2.23. The molecule has 50 heavy (non-hydrogen) atoms. The van der Waals surface area contributed by atoms with Crippen LogP contribution in [-0.2, 0) is 6.42 Å². The number of fused-ring (bicyclic) bond motifs is 8. The molecular formula is C45H28N4O. The first-order valence-electron chi connectivity index (χ1n) is 16.9. The number of nitrogens with zero attached hydrogens (tertiary/aromatic N) is 4. The van der Waals surface area contributed by atoms with E-state index in [0.29, 0.717) is 5.56 Å². The summed E-state index contributed by atoms with van der Waals surface area (Å²) in [7, 11) is 0. The van der Waals surface area contributed by atoms with E-state index in [1.54, 1.807) is 0 Å². The Bertz CT molecular complexity index is 2950. The molecule has 0 unspecified atom stereocenters. The van der Waals surface area contributed by atoms with Crippen molar-refractivity contribution in [3.8, 4) is 11.8 Å². The Morgan fingerprint density at radius 3 is 2.34 bits per heavy atom. The lowest BCUT2D eigenvalue weighted by molar-refractivity contribution is 0.550. The molecule has 0 amide bonds. The van der Waals surface area contributed by atoms with E-state index in [9.17, 15) is 5.26 Å². The average Bonchev–Trinajstić information content (AvgIpc) is 3.67. The summed E-state index contributed by atoms with van der Waals surface area (Å²) in [6.07, 6.45) is 5.54. The molecule has 0 radical (unpaired) electrons. The molecule has 9 aromatic rings. The van der Waals surface area contributed by atoms with Crippen molar-refractivity contribution >= 4 is 71.4 Å².